The van der Waals surface area contributed by atoms with Crippen LogP contribution >= 0.6 is 0 Å². The molecule has 2 heteroatoms. The number of ether oxygens (including phenoxy) is 1. The topological polar surface area (TPSA) is 21.3 Å². The third-order valence-corrected chi connectivity index (χ3v) is 3.42. The van der Waals surface area contributed by atoms with Gasteiger partial charge in [0.05, 0.1) is 19.3 Å². The van der Waals surface area contributed by atoms with Crippen molar-refractivity contribution in [1.82, 2.24) is 5.32 Å². The molecule has 0 aromatic heterocycles. The summed E-state index contributed by atoms with van der Waals surface area (Å²) >= 11 is 0. The second kappa shape index (κ2) is 9.00. The molecule has 0 radical (unpaired) electrons. The van der Waals surface area contributed by atoms with Crippen LogP contribution in [0.2, 0.25) is 0 Å². The van der Waals surface area contributed by atoms with Crippen molar-refractivity contribution in [3.05, 3.63) is 0 Å². The van der Waals surface area contributed by atoms with Gasteiger partial charge in [-0.15, -0.1) is 0 Å². The Morgan fingerprint density at radius 3 is 1.94 bits per heavy atom. The van der Waals surface area contributed by atoms with E-state index in [0.717, 1.165) is 19.3 Å². The monoisotopic (exact) mass is 227 g/mol. The van der Waals surface area contributed by atoms with Gasteiger partial charge in [-0.2, -0.15) is 0 Å². The van der Waals surface area contributed by atoms with Crippen LogP contribution in [0.1, 0.15) is 65.2 Å². The van der Waals surface area contributed by atoms with Gasteiger partial charge in [0.25, 0.3) is 0 Å². The molecule has 1 saturated heterocycles. The number of hydrogen-bond acceptors (Lipinski definition) is 2. The van der Waals surface area contributed by atoms with Gasteiger partial charge in [0.15, 0.2) is 0 Å². The Morgan fingerprint density at radius 2 is 1.56 bits per heavy atom. The molecular formula is C14H29NO. The van der Waals surface area contributed by atoms with Crippen LogP contribution in [-0.4, -0.2) is 25.3 Å². The third-order valence-electron chi connectivity index (χ3n) is 3.42. The first-order chi connectivity index (χ1) is 7.86. The van der Waals surface area contributed by atoms with E-state index in [2.05, 4.69) is 19.2 Å². The fourth-order valence-corrected chi connectivity index (χ4v) is 2.26. The van der Waals surface area contributed by atoms with Crippen LogP contribution in [0.25, 0.3) is 0 Å². The highest BCUT2D eigenvalue weighted by Crippen LogP contribution is 2.13. The van der Waals surface area contributed by atoms with E-state index in [1.54, 1.807) is 0 Å². The van der Waals surface area contributed by atoms with Gasteiger partial charge < -0.3 is 10.1 Å². The highest BCUT2D eigenvalue weighted by atomic mass is 16.5. The summed E-state index contributed by atoms with van der Waals surface area (Å²) in [6.07, 6.45) is 10.9. The summed E-state index contributed by atoms with van der Waals surface area (Å²) in [7, 11) is 0. The summed E-state index contributed by atoms with van der Waals surface area (Å²) in [5.74, 6) is 0. The lowest BCUT2D eigenvalue weighted by Gasteiger charge is -2.31. The molecule has 1 N–H and O–H groups in total. The van der Waals surface area contributed by atoms with Crippen molar-refractivity contribution in [2.75, 3.05) is 13.2 Å². The molecule has 96 valence electrons. The molecule has 1 rings (SSSR count). The number of rotatable bonds is 10. The lowest BCUT2D eigenvalue weighted by molar-refractivity contribution is -0.0111. The van der Waals surface area contributed by atoms with Crippen LogP contribution in [0.5, 0.6) is 0 Å². The van der Waals surface area contributed by atoms with Gasteiger partial charge in [0.1, 0.15) is 0 Å². The molecule has 0 aromatic carbocycles. The van der Waals surface area contributed by atoms with Gasteiger partial charge in [-0.3, -0.25) is 0 Å². The smallest absolute Gasteiger partial charge is 0.0643 e. The lowest BCUT2D eigenvalue weighted by atomic mass is 10.0. The van der Waals surface area contributed by atoms with Crippen LogP contribution in [0.3, 0.4) is 0 Å². The quantitative estimate of drug-likeness (QED) is 0.577. The van der Waals surface area contributed by atoms with Crippen LogP contribution in [-0.2, 0) is 4.74 Å². The summed E-state index contributed by atoms with van der Waals surface area (Å²) in [6, 6.07) is 1.39. The van der Waals surface area contributed by atoms with Crippen LogP contribution in [0.15, 0.2) is 0 Å². The zero-order chi connectivity index (χ0) is 11.6. The third kappa shape index (κ3) is 5.86. The van der Waals surface area contributed by atoms with Crippen LogP contribution in [0.4, 0.5) is 0 Å². The van der Waals surface area contributed by atoms with Crippen molar-refractivity contribution in [1.29, 1.82) is 0 Å². The van der Waals surface area contributed by atoms with Gasteiger partial charge in [0.2, 0.25) is 0 Å². The molecule has 0 aromatic rings. The Labute approximate surface area is 101 Å². The first kappa shape index (κ1) is 14.0. The number of hydrogen-bond donors (Lipinski definition) is 1. The van der Waals surface area contributed by atoms with E-state index < -0.39 is 0 Å². The number of nitrogens with one attached hydrogen (secondary N) is 1. The van der Waals surface area contributed by atoms with E-state index in [4.69, 9.17) is 4.74 Å². The van der Waals surface area contributed by atoms with E-state index in [1.165, 1.54) is 51.4 Å². The van der Waals surface area contributed by atoms with Gasteiger partial charge in [-0.05, 0) is 12.8 Å². The molecule has 0 spiro atoms. The van der Waals surface area contributed by atoms with Crippen molar-refractivity contribution < 1.29 is 4.74 Å². The fraction of sp³-hybridized carbons (Fsp3) is 1.00. The first-order valence-corrected chi connectivity index (χ1v) is 7.20. The van der Waals surface area contributed by atoms with Crippen molar-refractivity contribution in [3.63, 3.8) is 0 Å². The molecule has 0 saturated carbocycles. The zero-order valence-corrected chi connectivity index (χ0v) is 11.1. The summed E-state index contributed by atoms with van der Waals surface area (Å²) in [4.78, 5) is 0. The van der Waals surface area contributed by atoms with Crippen molar-refractivity contribution in [2.24, 2.45) is 0 Å². The lowest BCUT2D eigenvalue weighted by Crippen LogP contribution is -2.50. The molecular weight excluding hydrogens is 198 g/mol. The molecule has 0 atom stereocenters. The van der Waals surface area contributed by atoms with E-state index in [-0.39, 0.29) is 0 Å². The highest BCUT2D eigenvalue weighted by molar-refractivity contribution is 4.78. The van der Waals surface area contributed by atoms with Gasteiger partial charge in [-0.1, -0.05) is 52.4 Å². The molecule has 1 aliphatic heterocycles. The second-order valence-corrected chi connectivity index (χ2v) is 5.09. The van der Waals surface area contributed by atoms with E-state index in [9.17, 15) is 0 Å². The van der Waals surface area contributed by atoms with Gasteiger partial charge >= 0.3 is 0 Å². The SMILES string of the molecule is CCCCCC(CCCCC)NC1COC1. The van der Waals surface area contributed by atoms with Crippen molar-refractivity contribution in [2.45, 2.75) is 77.3 Å². The molecule has 16 heavy (non-hydrogen) atoms. The Balaban J connectivity index is 2.11. The summed E-state index contributed by atoms with van der Waals surface area (Å²) in [5, 5.41) is 3.75. The predicted molar refractivity (Wildman–Crippen MR) is 69.8 cm³/mol. The summed E-state index contributed by atoms with van der Waals surface area (Å²) in [6.45, 7) is 6.41. The average molecular weight is 227 g/mol. The zero-order valence-electron chi connectivity index (χ0n) is 11.1. The summed E-state index contributed by atoms with van der Waals surface area (Å²) < 4.78 is 5.22. The minimum Gasteiger partial charge on any atom is -0.378 e. The molecule has 1 aliphatic rings. The molecule has 2 nitrogen and oxygen atoms in total. The van der Waals surface area contributed by atoms with E-state index in [0.29, 0.717) is 6.04 Å². The Kier molecular flexibility index (Phi) is 7.87. The van der Waals surface area contributed by atoms with Crippen LogP contribution in [0, 0.1) is 0 Å². The highest BCUT2D eigenvalue weighted by Gasteiger charge is 2.21. The first-order valence-electron chi connectivity index (χ1n) is 7.20. The van der Waals surface area contributed by atoms with Gasteiger partial charge in [-0.25, -0.2) is 0 Å². The Morgan fingerprint density at radius 1 is 1.00 bits per heavy atom. The molecule has 1 fully saturated rings. The maximum Gasteiger partial charge on any atom is 0.0643 e. The molecule has 0 aliphatic carbocycles. The maximum atomic E-state index is 5.22. The fourth-order valence-electron chi connectivity index (χ4n) is 2.26. The predicted octanol–water partition coefficient (Wildman–Crippen LogP) is 3.50. The van der Waals surface area contributed by atoms with E-state index in [1.807, 2.05) is 0 Å². The molecule has 0 unspecified atom stereocenters. The van der Waals surface area contributed by atoms with Crippen molar-refractivity contribution in [3.8, 4) is 0 Å². The van der Waals surface area contributed by atoms with E-state index >= 15 is 0 Å². The normalized spacial score (nSPS) is 16.7. The Hall–Kier alpha value is -0.0800. The largest absolute Gasteiger partial charge is 0.378 e. The molecule has 1 heterocycles. The van der Waals surface area contributed by atoms with Crippen LogP contribution < -0.4 is 5.32 Å². The average Bonchev–Trinajstić information content (AvgIpc) is 2.23. The summed E-state index contributed by atoms with van der Waals surface area (Å²) in [5.41, 5.74) is 0. The molecule has 0 amide bonds. The number of unbranched alkanes of at least 4 members (excludes halogenated alkanes) is 4. The minimum absolute atomic E-state index is 0.647. The molecule has 0 bridgehead atoms. The van der Waals surface area contributed by atoms with Gasteiger partial charge in [0, 0.05) is 6.04 Å². The standard InChI is InChI=1S/C14H29NO/c1-3-5-7-9-13(10-8-6-4-2)15-14-11-16-12-14/h13-15H,3-12H2,1-2H3. The minimum atomic E-state index is 0.647. The van der Waals surface area contributed by atoms with Crippen molar-refractivity contribution >= 4 is 0 Å². The second-order valence-electron chi connectivity index (χ2n) is 5.09. The Bertz CT molecular complexity index is 147. The maximum absolute atomic E-state index is 5.22.